The van der Waals surface area contributed by atoms with E-state index in [-0.39, 0.29) is 17.9 Å². The highest BCUT2D eigenvalue weighted by atomic mass is 19.4. The molecule has 0 aliphatic heterocycles. The fourth-order valence-corrected chi connectivity index (χ4v) is 0.919. The maximum Gasteiger partial charge on any atom is 0.490 e. The van der Waals surface area contributed by atoms with Crippen molar-refractivity contribution in [2.75, 3.05) is 0 Å². The highest BCUT2D eigenvalue weighted by molar-refractivity contribution is 5.97. The van der Waals surface area contributed by atoms with Crippen molar-refractivity contribution in [1.82, 2.24) is 4.98 Å². The Morgan fingerprint density at radius 1 is 1.24 bits per heavy atom. The van der Waals surface area contributed by atoms with E-state index in [0.29, 0.717) is 0 Å². The Morgan fingerprint density at radius 3 is 2.10 bits per heavy atom. The number of alkyl halides is 3. The van der Waals surface area contributed by atoms with Crippen molar-refractivity contribution in [2.24, 2.45) is 5.73 Å². The maximum absolute atomic E-state index is 11.4. The van der Waals surface area contributed by atoms with E-state index in [1.165, 1.54) is 12.3 Å². The third-order valence-electron chi connectivity index (χ3n) is 1.92. The van der Waals surface area contributed by atoms with Crippen molar-refractivity contribution in [3.05, 3.63) is 30.1 Å². The van der Waals surface area contributed by atoms with Gasteiger partial charge in [0, 0.05) is 12.6 Å². The van der Waals surface area contributed by atoms with Crippen molar-refractivity contribution in [1.29, 1.82) is 0 Å². The molecule has 0 unspecified atom stereocenters. The Hall–Kier alpha value is -2.49. The first-order valence-electron chi connectivity index (χ1n) is 5.28. The molecule has 1 aromatic heterocycles. The second-order valence-electron chi connectivity index (χ2n) is 3.59. The van der Waals surface area contributed by atoms with Crippen LogP contribution >= 0.6 is 0 Å². The second-order valence-corrected chi connectivity index (χ2v) is 3.59. The Bertz CT molecular complexity index is 504. The summed E-state index contributed by atoms with van der Waals surface area (Å²) in [5, 5.41) is 15.6. The lowest BCUT2D eigenvalue weighted by molar-refractivity contribution is -0.192. The van der Waals surface area contributed by atoms with Gasteiger partial charge in [-0.15, -0.1) is 0 Å². The molecule has 10 heteroatoms. The van der Waals surface area contributed by atoms with E-state index in [1.807, 2.05) is 0 Å². The summed E-state index contributed by atoms with van der Waals surface area (Å²) in [7, 11) is 0. The molecule has 0 radical (unpaired) electrons. The molecule has 0 fully saturated rings. The topological polar surface area (TPSA) is 131 Å². The van der Waals surface area contributed by atoms with Crippen LogP contribution in [0.2, 0.25) is 0 Å². The van der Waals surface area contributed by atoms with E-state index in [2.05, 4.69) is 4.98 Å². The Labute approximate surface area is 116 Å². The van der Waals surface area contributed by atoms with Crippen LogP contribution in [-0.2, 0) is 9.59 Å². The van der Waals surface area contributed by atoms with Crippen molar-refractivity contribution < 1.29 is 37.8 Å². The highest BCUT2D eigenvalue weighted by Crippen LogP contribution is 2.13. The van der Waals surface area contributed by atoms with Crippen molar-refractivity contribution in [3.8, 4) is 0 Å². The number of nitrogens with zero attached hydrogens (tertiary/aromatic N) is 1. The van der Waals surface area contributed by atoms with Gasteiger partial charge in [0.25, 0.3) is 0 Å². The lowest BCUT2D eigenvalue weighted by Crippen LogP contribution is -2.32. The predicted octanol–water partition coefficient (Wildman–Crippen LogP) is 0.700. The van der Waals surface area contributed by atoms with Gasteiger partial charge in [0.2, 0.25) is 0 Å². The molecule has 1 atom stereocenters. The lowest BCUT2D eigenvalue weighted by Gasteiger charge is -2.03. The van der Waals surface area contributed by atoms with E-state index in [9.17, 15) is 22.8 Å². The van der Waals surface area contributed by atoms with Crippen molar-refractivity contribution in [2.45, 2.75) is 18.6 Å². The molecule has 7 nitrogen and oxygen atoms in total. The zero-order valence-corrected chi connectivity index (χ0v) is 10.4. The van der Waals surface area contributed by atoms with Crippen molar-refractivity contribution >= 4 is 17.7 Å². The number of carboxylic acid groups (broad SMARTS) is 2. The fraction of sp³-hybridized carbons (Fsp3) is 0.273. The van der Waals surface area contributed by atoms with E-state index in [1.54, 1.807) is 12.1 Å². The van der Waals surface area contributed by atoms with Gasteiger partial charge in [-0.2, -0.15) is 13.2 Å². The number of rotatable bonds is 4. The number of ketones is 1. The van der Waals surface area contributed by atoms with Gasteiger partial charge in [0.05, 0.1) is 0 Å². The number of pyridine rings is 1. The monoisotopic (exact) mass is 308 g/mol. The minimum Gasteiger partial charge on any atom is -0.480 e. The molecule has 0 aliphatic carbocycles. The molecule has 0 spiro atoms. The van der Waals surface area contributed by atoms with Gasteiger partial charge in [-0.1, -0.05) is 6.07 Å². The molecule has 1 heterocycles. The molecule has 116 valence electrons. The molecular weight excluding hydrogens is 297 g/mol. The van der Waals surface area contributed by atoms with Crippen LogP contribution in [0.5, 0.6) is 0 Å². The number of hydrogen-bond acceptors (Lipinski definition) is 5. The summed E-state index contributed by atoms with van der Waals surface area (Å²) >= 11 is 0. The zero-order chi connectivity index (χ0) is 16.6. The quantitative estimate of drug-likeness (QED) is 0.698. The Kier molecular flexibility index (Phi) is 7.00. The third-order valence-corrected chi connectivity index (χ3v) is 1.92. The summed E-state index contributed by atoms with van der Waals surface area (Å²) in [4.78, 5) is 34.4. The van der Waals surface area contributed by atoms with E-state index in [4.69, 9.17) is 20.7 Å². The first-order chi connectivity index (χ1) is 9.55. The number of aromatic nitrogens is 1. The van der Waals surface area contributed by atoms with Gasteiger partial charge >= 0.3 is 18.1 Å². The minimum atomic E-state index is -5.08. The van der Waals surface area contributed by atoms with E-state index < -0.39 is 24.2 Å². The van der Waals surface area contributed by atoms with E-state index >= 15 is 0 Å². The normalized spacial score (nSPS) is 11.8. The number of Topliss-reactive ketones (excluding diaryl/α,β-unsaturated/α-hetero) is 1. The molecule has 0 aromatic carbocycles. The maximum atomic E-state index is 11.4. The SMILES string of the molecule is N[C@@H](CC(=O)c1ccccn1)C(=O)O.O=C(O)C(F)(F)F. The largest absolute Gasteiger partial charge is 0.490 e. The summed E-state index contributed by atoms with van der Waals surface area (Å²) in [6, 6.07) is 3.70. The van der Waals surface area contributed by atoms with Crippen LogP contribution in [-0.4, -0.2) is 45.1 Å². The van der Waals surface area contributed by atoms with Gasteiger partial charge in [0.1, 0.15) is 11.7 Å². The lowest BCUT2D eigenvalue weighted by atomic mass is 10.1. The molecule has 0 saturated carbocycles. The minimum absolute atomic E-state index is 0.230. The highest BCUT2D eigenvalue weighted by Gasteiger charge is 2.38. The molecule has 1 rings (SSSR count). The van der Waals surface area contributed by atoms with Gasteiger partial charge in [-0.3, -0.25) is 14.6 Å². The second kappa shape index (κ2) is 7.94. The van der Waals surface area contributed by atoms with Crippen LogP contribution in [0.3, 0.4) is 0 Å². The predicted molar refractivity (Wildman–Crippen MR) is 62.5 cm³/mol. The molecule has 0 aliphatic rings. The van der Waals surface area contributed by atoms with Crippen LogP contribution in [0.25, 0.3) is 0 Å². The van der Waals surface area contributed by atoms with Crippen LogP contribution in [0.1, 0.15) is 16.9 Å². The third kappa shape index (κ3) is 7.62. The number of carbonyl (C=O) groups is 3. The number of nitrogens with two attached hydrogens (primary N) is 1. The summed E-state index contributed by atoms with van der Waals surface area (Å²) in [6.07, 6.45) is -3.84. The average molecular weight is 308 g/mol. The summed E-state index contributed by atoms with van der Waals surface area (Å²) in [5.74, 6) is -4.30. The Morgan fingerprint density at radius 2 is 1.76 bits per heavy atom. The van der Waals surface area contributed by atoms with Crippen LogP contribution in [0.4, 0.5) is 13.2 Å². The fourth-order valence-electron chi connectivity index (χ4n) is 0.919. The van der Waals surface area contributed by atoms with E-state index in [0.717, 1.165) is 0 Å². The summed E-state index contributed by atoms with van der Waals surface area (Å²) in [6.45, 7) is 0. The molecular formula is C11H11F3N2O5. The van der Waals surface area contributed by atoms with Gasteiger partial charge < -0.3 is 15.9 Å². The number of carbonyl (C=O) groups excluding carboxylic acids is 1. The number of hydrogen-bond donors (Lipinski definition) is 3. The van der Waals surface area contributed by atoms with Crippen LogP contribution < -0.4 is 5.73 Å². The first kappa shape index (κ1) is 18.5. The molecule has 4 N–H and O–H groups in total. The smallest absolute Gasteiger partial charge is 0.480 e. The zero-order valence-electron chi connectivity index (χ0n) is 10.4. The average Bonchev–Trinajstić information content (AvgIpc) is 2.39. The summed E-state index contributed by atoms with van der Waals surface area (Å²) < 4.78 is 31.7. The van der Waals surface area contributed by atoms with Gasteiger partial charge in [0.15, 0.2) is 5.78 Å². The molecule has 21 heavy (non-hydrogen) atoms. The molecule has 0 saturated heterocycles. The first-order valence-corrected chi connectivity index (χ1v) is 5.28. The van der Waals surface area contributed by atoms with Crippen molar-refractivity contribution in [3.63, 3.8) is 0 Å². The van der Waals surface area contributed by atoms with Crippen LogP contribution in [0, 0.1) is 0 Å². The number of halogens is 3. The number of aliphatic carboxylic acids is 2. The number of carboxylic acids is 2. The van der Waals surface area contributed by atoms with Gasteiger partial charge in [-0.25, -0.2) is 4.79 Å². The molecule has 0 bridgehead atoms. The molecule has 1 aromatic rings. The standard InChI is InChI=1S/C9H10N2O3.C2HF3O2/c10-6(9(13)14)5-8(12)7-3-1-2-4-11-7;3-2(4,5)1(6)7/h1-4,6H,5,10H2,(H,13,14);(H,6,7)/t6-;/m0./s1. The van der Waals surface area contributed by atoms with Gasteiger partial charge in [-0.05, 0) is 12.1 Å². The Balaban J connectivity index is 0.000000486. The molecule has 0 amide bonds. The summed E-state index contributed by atoms with van der Waals surface area (Å²) in [5.41, 5.74) is 5.45. The van der Waals surface area contributed by atoms with Crippen LogP contribution in [0.15, 0.2) is 24.4 Å².